The second-order valence-corrected chi connectivity index (χ2v) is 2.71. The van der Waals surface area contributed by atoms with Crippen molar-refractivity contribution in [3.8, 4) is 6.07 Å². The van der Waals surface area contributed by atoms with E-state index in [0.717, 1.165) is 6.42 Å². The molecule has 0 aliphatic heterocycles. The Balaban J connectivity index is 3.52. The van der Waals surface area contributed by atoms with Gasteiger partial charge >= 0.3 is 0 Å². The van der Waals surface area contributed by atoms with Crippen LogP contribution >= 0.6 is 0 Å². The second-order valence-electron chi connectivity index (χ2n) is 2.71. The van der Waals surface area contributed by atoms with Crippen LogP contribution in [0.25, 0.3) is 0 Å². The Labute approximate surface area is 62.8 Å². The molecular weight excluding hydrogens is 126 g/mol. The van der Waals surface area contributed by atoms with Crippen LogP contribution in [0.5, 0.6) is 0 Å². The van der Waals surface area contributed by atoms with E-state index in [-0.39, 0.29) is 6.10 Å². The molecule has 1 unspecified atom stereocenters. The van der Waals surface area contributed by atoms with E-state index in [1.807, 2.05) is 0 Å². The summed E-state index contributed by atoms with van der Waals surface area (Å²) in [6, 6.07) is 2.11. The van der Waals surface area contributed by atoms with Crippen molar-refractivity contribution in [2.24, 2.45) is 5.92 Å². The number of ether oxygens (including phenoxy) is 1. The highest BCUT2D eigenvalue weighted by Crippen LogP contribution is 2.10. The first kappa shape index (κ1) is 9.45. The van der Waals surface area contributed by atoms with Crippen LogP contribution in [0.15, 0.2) is 0 Å². The number of nitrogens with zero attached hydrogens (tertiary/aromatic N) is 1. The first-order chi connectivity index (χ1) is 4.72. The zero-order chi connectivity index (χ0) is 7.98. The van der Waals surface area contributed by atoms with E-state index in [1.165, 1.54) is 0 Å². The van der Waals surface area contributed by atoms with Gasteiger partial charge in [-0.1, -0.05) is 13.8 Å². The lowest BCUT2D eigenvalue weighted by Gasteiger charge is -2.16. The molecule has 0 saturated carbocycles. The molecule has 0 aromatic rings. The molecule has 1 atom stereocenters. The molecule has 0 radical (unpaired) electrons. The van der Waals surface area contributed by atoms with Crippen LogP contribution in [0.3, 0.4) is 0 Å². The fourth-order valence-electron chi connectivity index (χ4n) is 0.930. The molecule has 0 N–H and O–H groups in total. The number of rotatable bonds is 4. The topological polar surface area (TPSA) is 33.0 Å². The average molecular weight is 141 g/mol. The van der Waals surface area contributed by atoms with Crippen LogP contribution < -0.4 is 0 Å². The highest BCUT2D eigenvalue weighted by atomic mass is 16.5. The molecule has 10 heavy (non-hydrogen) atoms. The standard InChI is InChI=1S/C8H15NO/c1-7(2)8(10-3)5-4-6-9/h7-8H,4-5H2,1-3H3. The fraction of sp³-hybridized carbons (Fsp3) is 0.875. The second kappa shape index (κ2) is 5.25. The number of hydrogen-bond acceptors (Lipinski definition) is 2. The first-order valence-electron chi connectivity index (χ1n) is 3.62. The highest BCUT2D eigenvalue weighted by molar-refractivity contribution is 4.73. The molecular formula is C8H15NO. The summed E-state index contributed by atoms with van der Waals surface area (Å²) >= 11 is 0. The Bertz CT molecular complexity index is 115. The van der Waals surface area contributed by atoms with Gasteiger partial charge in [-0.3, -0.25) is 0 Å². The van der Waals surface area contributed by atoms with Crippen molar-refractivity contribution in [1.29, 1.82) is 5.26 Å². The van der Waals surface area contributed by atoms with E-state index >= 15 is 0 Å². The van der Waals surface area contributed by atoms with Crippen molar-refractivity contribution >= 4 is 0 Å². The summed E-state index contributed by atoms with van der Waals surface area (Å²) in [5.41, 5.74) is 0. The third kappa shape index (κ3) is 3.47. The minimum Gasteiger partial charge on any atom is -0.381 e. The van der Waals surface area contributed by atoms with Gasteiger partial charge < -0.3 is 4.74 Å². The Kier molecular flexibility index (Phi) is 4.96. The van der Waals surface area contributed by atoms with Gasteiger partial charge in [0.15, 0.2) is 0 Å². The van der Waals surface area contributed by atoms with Crippen LogP contribution in [0, 0.1) is 17.2 Å². The Morgan fingerprint density at radius 2 is 2.10 bits per heavy atom. The van der Waals surface area contributed by atoms with Gasteiger partial charge in [-0.25, -0.2) is 0 Å². The minimum atomic E-state index is 0.250. The molecule has 2 heteroatoms. The van der Waals surface area contributed by atoms with Crippen LogP contribution in [0.4, 0.5) is 0 Å². The fourth-order valence-corrected chi connectivity index (χ4v) is 0.930. The zero-order valence-electron chi connectivity index (χ0n) is 6.92. The molecule has 0 rings (SSSR count). The molecule has 0 spiro atoms. The third-order valence-electron chi connectivity index (χ3n) is 1.59. The lowest BCUT2D eigenvalue weighted by molar-refractivity contribution is 0.0593. The van der Waals surface area contributed by atoms with E-state index in [2.05, 4.69) is 19.9 Å². The SMILES string of the molecule is COC(CCC#N)C(C)C. The Morgan fingerprint density at radius 1 is 1.50 bits per heavy atom. The zero-order valence-corrected chi connectivity index (χ0v) is 6.92. The van der Waals surface area contributed by atoms with Gasteiger partial charge in [-0.15, -0.1) is 0 Å². The van der Waals surface area contributed by atoms with Crippen molar-refractivity contribution in [3.05, 3.63) is 0 Å². The molecule has 0 aliphatic carbocycles. The van der Waals surface area contributed by atoms with Gasteiger partial charge in [0.25, 0.3) is 0 Å². The summed E-state index contributed by atoms with van der Waals surface area (Å²) in [5.74, 6) is 0.512. The van der Waals surface area contributed by atoms with Crippen molar-refractivity contribution in [2.75, 3.05) is 7.11 Å². The van der Waals surface area contributed by atoms with Crippen LogP contribution in [-0.2, 0) is 4.74 Å². The summed E-state index contributed by atoms with van der Waals surface area (Å²) in [6.45, 7) is 4.21. The Hall–Kier alpha value is -0.550. The molecule has 0 fully saturated rings. The molecule has 0 heterocycles. The molecule has 0 saturated heterocycles. The van der Waals surface area contributed by atoms with Crippen molar-refractivity contribution < 1.29 is 4.74 Å². The van der Waals surface area contributed by atoms with E-state index in [9.17, 15) is 0 Å². The average Bonchev–Trinajstić information content (AvgIpc) is 1.89. The summed E-state index contributed by atoms with van der Waals surface area (Å²) < 4.78 is 5.16. The lowest BCUT2D eigenvalue weighted by Crippen LogP contribution is -2.17. The summed E-state index contributed by atoms with van der Waals surface area (Å²) in [5, 5.41) is 8.29. The van der Waals surface area contributed by atoms with E-state index < -0.39 is 0 Å². The highest BCUT2D eigenvalue weighted by Gasteiger charge is 2.10. The quantitative estimate of drug-likeness (QED) is 0.599. The molecule has 0 aromatic carbocycles. The maximum Gasteiger partial charge on any atom is 0.0622 e. The molecule has 0 bridgehead atoms. The van der Waals surface area contributed by atoms with Crippen molar-refractivity contribution in [3.63, 3.8) is 0 Å². The van der Waals surface area contributed by atoms with Gasteiger partial charge in [0, 0.05) is 13.5 Å². The Morgan fingerprint density at radius 3 is 2.40 bits per heavy atom. The van der Waals surface area contributed by atoms with E-state index in [0.29, 0.717) is 12.3 Å². The lowest BCUT2D eigenvalue weighted by atomic mass is 10.0. The molecule has 58 valence electrons. The van der Waals surface area contributed by atoms with Gasteiger partial charge in [-0.05, 0) is 12.3 Å². The molecule has 0 amide bonds. The predicted molar refractivity (Wildman–Crippen MR) is 40.5 cm³/mol. The van der Waals surface area contributed by atoms with Crippen LogP contribution in [0.2, 0.25) is 0 Å². The normalized spacial score (nSPS) is 13.1. The first-order valence-corrected chi connectivity index (χ1v) is 3.62. The smallest absolute Gasteiger partial charge is 0.0622 e. The molecule has 0 aliphatic rings. The molecule has 2 nitrogen and oxygen atoms in total. The van der Waals surface area contributed by atoms with Gasteiger partial charge in [0.2, 0.25) is 0 Å². The van der Waals surface area contributed by atoms with Crippen molar-refractivity contribution in [2.45, 2.75) is 32.8 Å². The van der Waals surface area contributed by atoms with Gasteiger partial charge in [0.1, 0.15) is 0 Å². The van der Waals surface area contributed by atoms with E-state index in [1.54, 1.807) is 7.11 Å². The minimum absolute atomic E-state index is 0.250. The number of methoxy groups -OCH3 is 1. The summed E-state index contributed by atoms with van der Waals surface area (Å²) in [7, 11) is 1.70. The maximum atomic E-state index is 8.29. The number of nitriles is 1. The van der Waals surface area contributed by atoms with Crippen LogP contribution in [-0.4, -0.2) is 13.2 Å². The largest absolute Gasteiger partial charge is 0.381 e. The molecule has 0 aromatic heterocycles. The third-order valence-corrected chi connectivity index (χ3v) is 1.59. The van der Waals surface area contributed by atoms with Crippen molar-refractivity contribution in [1.82, 2.24) is 0 Å². The summed E-state index contributed by atoms with van der Waals surface area (Å²) in [6.07, 6.45) is 1.70. The maximum absolute atomic E-state index is 8.29. The van der Waals surface area contributed by atoms with Crippen LogP contribution in [0.1, 0.15) is 26.7 Å². The van der Waals surface area contributed by atoms with Gasteiger partial charge in [0.05, 0.1) is 12.2 Å². The summed E-state index contributed by atoms with van der Waals surface area (Å²) in [4.78, 5) is 0. The monoisotopic (exact) mass is 141 g/mol. The predicted octanol–water partition coefficient (Wildman–Crippen LogP) is 1.96. The van der Waals surface area contributed by atoms with E-state index in [4.69, 9.17) is 10.00 Å². The van der Waals surface area contributed by atoms with Gasteiger partial charge in [-0.2, -0.15) is 5.26 Å². The number of hydrogen-bond donors (Lipinski definition) is 0.